The fraction of sp³-hybridized carbons (Fsp3) is 0.0526. The van der Waals surface area contributed by atoms with Gasteiger partial charge in [-0.05, 0) is 30.3 Å². The van der Waals surface area contributed by atoms with Gasteiger partial charge in [0.05, 0.1) is 21.9 Å². The number of carbonyl (C=O) groups is 2. The van der Waals surface area contributed by atoms with Gasteiger partial charge >= 0.3 is 0 Å². The molecule has 0 aliphatic carbocycles. The molecule has 3 heterocycles. The van der Waals surface area contributed by atoms with Gasteiger partial charge in [0.15, 0.2) is 0 Å². The second-order valence-corrected chi connectivity index (χ2v) is 5.85. The third-order valence-electron chi connectivity index (χ3n) is 4.30. The Hall–Kier alpha value is -3.74. The molecule has 0 atom stereocenters. The lowest BCUT2D eigenvalue weighted by atomic mass is 9.95. The van der Waals surface area contributed by atoms with E-state index < -0.39 is 17.2 Å². The van der Waals surface area contributed by atoms with E-state index in [9.17, 15) is 14.4 Å². The normalized spacial score (nSPS) is 16.8. The number of benzene rings is 1. The highest BCUT2D eigenvalue weighted by molar-refractivity contribution is 6.51. The average molecular weight is 346 g/mol. The maximum atomic E-state index is 12.9. The number of pyridine rings is 1. The molecule has 1 aliphatic rings. The number of fused-ring (bicyclic) bond motifs is 1. The van der Waals surface area contributed by atoms with Gasteiger partial charge in [-0.3, -0.25) is 29.6 Å². The average Bonchev–Trinajstić information content (AvgIpc) is 3.01. The van der Waals surface area contributed by atoms with E-state index in [0.29, 0.717) is 16.9 Å². The van der Waals surface area contributed by atoms with E-state index in [1.54, 1.807) is 61.8 Å². The van der Waals surface area contributed by atoms with E-state index in [1.165, 1.54) is 4.90 Å². The first-order valence-electron chi connectivity index (χ1n) is 7.93. The lowest BCUT2D eigenvalue weighted by molar-refractivity contribution is -0.113. The highest BCUT2D eigenvalue weighted by Crippen LogP contribution is 2.28. The number of amides is 1. The van der Waals surface area contributed by atoms with Crippen LogP contribution >= 0.6 is 0 Å². The number of nitrogens with one attached hydrogen (secondary N) is 2. The number of rotatable bonds is 1. The Morgan fingerprint density at radius 1 is 1.00 bits per heavy atom. The summed E-state index contributed by atoms with van der Waals surface area (Å²) >= 11 is 0. The number of hydrogen-bond acceptors (Lipinski definition) is 4. The summed E-state index contributed by atoms with van der Waals surface area (Å²) in [6.45, 7) is 0. The van der Waals surface area contributed by atoms with E-state index in [4.69, 9.17) is 0 Å². The predicted molar refractivity (Wildman–Crippen MR) is 96.1 cm³/mol. The van der Waals surface area contributed by atoms with Crippen LogP contribution in [0.15, 0.2) is 53.5 Å². The SMILES string of the molecule is CN1C(=O)/C(=c2/[nH][nH]c(=O)/c2=C\c2ccccn2)C(=O)c2ccccc21. The summed E-state index contributed by atoms with van der Waals surface area (Å²) in [6.07, 6.45) is 3.14. The predicted octanol–water partition coefficient (Wildman–Crippen LogP) is -0.0632. The van der Waals surface area contributed by atoms with Crippen LogP contribution in [-0.2, 0) is 4.79 Å². The number of ketones is 1. The third kappa shape index (κ3) is 2.37. The molecule has 1 aliphatic heterocycles. The van der Waals surface area contributed by atoms with Gasteiger partial charge in [0.1, 0.15) is 5.57 Å². The molecule has 0 saturated heterocycles. The minimum Gasteiger partial charge on any atom is -0.310 e. The number of hydrogen-bond donors (Lipinski definition) is 2. The van der Waals surface area contributed by atoms with Crippen molar-refractivity contribution in [2.75, 3.05) is 11.9 Å². The summed E-state index contributed by atoms with van der Waals surface area (Å²) in [7, 11) is 1.60. The fourth-order valence-corrected chi connectivity index (χ4v) is 3.00. The van der Waals surface area contributed by atoms with Crippen molar-refractivity contribution >= 4 is 29.0 Å². The van der Waals surface area contributed by atoms with Gasteiger partial charge in [-0.1, -0.05) is 18.2 Å². The minimum absolute atomic E-state index is 0.0771. The van der Waals surface area contributed by atoms with Crippen LogP contribution in [0.3, 0.4) is 0 Å². The summed E-state index contributed by atoms with van der Waals surface area (Å²) < 4.78 is 0. The Kier molecular flexibility index (Phi) is 3.62. The van der Waals surface area contributed by atoms with Crippen LogP contribution < -0.4 is 21.0 Å². The molecule has 0 radical (unpaired) electrons. The van der Waals surface area contributed by atoms with Gasteiger partial charge < -0.3 is 4.90 Å². The molecule has 0 saturated carbocycles. The molecule has 2 N–H and O–H groups in total. The van der Waals surface area contributed by atoms with Crippen LogP contribution in [0.1, 0.15) is 16.1 Å². The lowest BCUT2D eigenvalue weighted by Gasteiger charge is -2.25. The van der Waals surface area contributed by atoms with Gasteiger partial charge in [-0.15, -0.1) is 0 Å². The Bertz CT molecular complexity index is 1210. The molecular weight excluding hydrogens is 332 g/mol. The minimum atomic E-state index is -0.473. The molecule has 26 heavy (non-hydrogen) atoms. The molecule has 4 rings (SSSR count). The zero-order valence-corrected chi connectivity index (χ0v) is 13.8. The van der Waals surface area contributed by atoms with Crippen molar-refractivity contribution in [3.63, 3.8) is 0 Å². The van der Waals surface area contributed by atoms with Gasteiger partial charge in [0.2, 0.25) is 5.78 Å². The number of anilines is 1. The number of carbonyl (C=O) groups excluding carboxylic acids is 2. The smallest absolute Gasteiger partial charge is 0.271 e. The topological polar surface area (TPSA) is 98.9 Å². The van der Waals surface area contributed by atoms with Gasteiger partial charge in [-0.2, -0.15) is 0 Å². The number of aromatic amines is 2. The highest BCUT2D eigenvalue weighted by atomic mass is 16.2. The zero-order chi connectivity index (χ0) is 18.3. The van der Waals surface area contributed by atoms with Gasteiger partial charge in [-0.25, -0.2) is 0 Å². The molecule has 7 heteroatoms. The molecule has 1 amide bonds. The van der Waals surface area contributed by atoms with E-state index >= 15 is 0 Å². The van der Waals surface area contributed by atoms with Gasteiger partial charge in [0.25, 0.3) is 11.5 Å². The largest absolute Gasteiger partial charge is 0.310 e. The van der Waals surface area contributed by atoms with Crippen molar-refractivity contribution < 1.29 is 9.59 Å². The number of H-pyrrole nitrogens is 2. The van der Waals surface area contributed by atoms with Crippen molar-refractivity contribution in [1.82, 2.24) is 15.2 Å². The van der Waals surface area contributed by atoms with Crippen molar-refractivity contribution in [1.29, 1.82) is 0 Å². The molecule has 3 aromatic rings. The Labute approximate surface area is 147 Å². The van der Waals surface area contributed by atoms with Crippen molar-refractivity contribution in [2.45, 2.75) is 0 Å². The van der Waals surface area contributed by atoms with Gasteiger partial charge in [0, 0.05) is 18.8 Å². The molecule has 0 bridgehead atoms. The standard InChI is InChI=1S/C19H14N4O3/c1-23-14-8-3-2-7-12(14)17(24)15(19(23)26)16-13(18(25)22-21-16)10-11-6-4-5-9-20-11/h2-10,21H,1H3,(H,22,25)/b13-10-,16-15+. The van der Waals surface area contributed by atoms with Crippen LogP contribution in [0, 0.1) is 0 Å². The van der Waals surface area contributed by atoms with Crippen molar-refractivity contribution in [2.24, 2.45) is 0 Å². The summed E-state index contributed by atoms with van der Waals surface area (Å²) in [5.41, 5.74) is 0.991. The number of nitrogens with zero attached hydrogens (tertiary/aromatic N) is 2. The number of Topliss-reactive ketones (excluding diaryl/α,β-unsaturated/α-hetero) is 1. The molecular formula is C19H14N4O3. The number of para-hydroxylation sites is 1. The van der Waals surface area contributed by atoms with Crippen molar-refractivity contribution in [3.8, 4) is 0 Å². The maximum Gasteiger partial charge on any atom is 0.271 e. The molecule has 1 aromatic carbocycles. The van der Waals surface area contributed by atoms with Crippen LogP contribution in [0.2, 0.25) is 0 Å². The Morgan fingerprint density at radius 3 is 2.54 bits per heavy atom. The molecule has 0 spiro atoms. The fourth-order valence-electron chi connectivity index (χ4n) is 3.00. The Morgan fingerprint density at radius 2 is 1.77 bits per heavy atom. The first-order valence-corrected chi connectivity index (χ1v) is 7.93. The molecule has 2 aromatic heterocycles. The van der Waals surface area contributed by atoms with Crippen molar-refractivity contribution in [3.05, 3.63) is 80.8 Å². The van der Waals surface area contributed by atoms with Crippen LogP contribution in [-0.4, -0.2) is 33.9 Å². The maximum absolute atomic E-state index is 12.9. The summed E-state index contributed by atoms with van der Waals surface area (Å²) in [5.74, 6) is -0.894. The van der Waals surface area contributed by atoms with E-state index in [1.807, 2.05) is 0 Å². The highest BCUT2D eigenvalue weighted by Gasteiger charge is 2.33. The number of aromatic nitrogens is 3. The van der Waals surface area contributed by atoms with E-state index in [-0.39, 0.29) is 16.1 Å². The van der Waals surface area contributed by atoms with E-state index in [0.717, 1.165) is 0 Å². The van der Waals surface area contributed by atoms with Crippen LogP contribution in [0.5, 0.6) is 0 Å². The molecule has 0 fully saturated rings. The third-order valence-corrected chi connectivity index (χ3v) is 4.30. The Balaban J connectivity index is 2.06. The summed E-state index contributed by atoms with van der Waals surface area (Å²) in [6, 6.07) is 12.1. The summed E-state index contributed by atoms with van der Waals surface area (Å²) in [4.78, 5) is 43.5. The summed E-state index contributed by atoms with van der Waals surface area (Å²) in [5, 5.41) is 5.48. The lowest BCUT2D eigenvalue weighted by Crippen LogP contribution is -2.44. The second kappa shape index (κ2) is 5.96. The van der Waals surface area contributed by atoms with E-state index in [2.05, 4.69) is 15.2 Å². The molecule has 0 unspecified atom stereocenters. The monoisotopic (exact) mass is 346 g/mol. The zero-order valence-electron chi connectivity index (χ0n) is 13.8. The molecule has 7 nitrogen and oxygen atoms in total. The first kappa shape index (κ1) is 15.8. The quantitative estimate of drug-likeness (QED) is 0.645. The molecule has 128 valence electrons. The van der Waals surface area contributed by atoms with Crippen LogP contribution in [0.4, 0.5) is 5.69 Å². The first-order chi connectivity index (χ1) is 12.6. The second-order valence-electron chi connectivity index (χ2n) is 5.85. The van der Waals surface area contributed by atoms with Crippen LogP contribution in [0.25, 0.3) is 11.6 Å².